The molecule has 2 heterocycles. The van der Waals surface area contributed by atoms with Crippen molar-refractivity contribution in [1.29, 1.82) is 0 Å². The van der Waals surface area contributed by atoms with Crippen LogP contribution in [-0.2, 0) is 11.3 Å². The minimum absolute atomic E-state index is 0.560. The summed E-state index contributed by atoms with van der Waals surface area (Å²) in [6, 6.07) is 2.84. The number of rotatable bonds is 6. The third kappa shape index (κ3) is 3.38. The summed E-state index contributed by atoms with van der Waals surface area (Å²) in [4.78, 5) is 2.49. The van der Waals surface area contributed by atoms with Gasteiger partial charge in [-0.05, 0) is 37.4 Å². The molecule has 4 nitrogen and oxygen atoms in total. The summed E-state index contributed by atoms with van der Waals surface area (Å²) in [5.41, 5.74) is 1.45. The summed E-state index contributed by atoms with van der Waals surface area (Å²) in [6.07, 6.45) is 7.30. The largest absolute Gasteiger partial charge is 0.379 e. The van der Waals surface area contributed by atoms with Crippen molar-refractivity contribution in [3.63, 3.8) is 0 Å². The number of aromatic nitrogens is 1. The smallest absolute Gasteiger partial charge is 0.0594 e. The molecule has 1 unspecified atom stereocenters. The van der Waals surface area contributed by atoms with Crippen molar-refractivity contribution in [2.24, 2.45) is 5.92 Å². The predicted molar refractivity (Wildman–Crippen MR) is 76.2 cm³/mol. The minimum atomic E-state index is 0.560. The summed E-state index contributed by atoms with van der Waals surface area (Å²) < 4.78 is 7.71. The van der Waals surface area contributed by atoms with Crippen molar-refractivity contribution in [3.8, 4) is 0 Å². The molecule has 4 heteroatoms. The first kappa shape index (κ1) is 13.2. The van der Waals surface area contributed by atoms with Gasteiger partial charge in [0.2, 0.25) is 0 Å². The van der Waals surface area contributed by atoms with E-state index in [0.717, 1.165) is 45.3 Å². The van der Waals surface area contributed by atoms with Crippen LogP contribution in [0.15, 0.2) is 18.5 Å². The quantitative estimate of drug-likeness (QED) is 0.843. The van der Waals surface area contributed by atoms with Gasteiger partial charge >= 0.3 is 0 Å². The maximum Gasteiger partial charge on any atom is 0.0594 e. The van der Waals surface area contributed by atoms with Gasteiger partial charge in [0.15, 0.2) is 0 Å². The summed E-state index contributed by atoms with van der Waals surface area (Å²) in [7, 11) is 2.08. The lowest BCUT2D eigenvalue weighted by molar-refractivity contribution is 0.0364. The normalized spacial score (nSPS) is 22.6. The molecule has 1 N–H and O–H groups in total. The summed E-state index contributed by atoms with van der Waals surface area (Å²) >= 11 is 0. The van der Waals surface area contributed by atoms with Crippen LogP contribution in [0.5, 0.6) is 0 Å². The van der Waals surface area contributed by atoms with Gasteiger partial charge in [-0.3, -0.25) is 4.90 Å². The van der Waals surface area contributed by atoms with Gasteiger partial charge in [-0.15, -0.1) is 0 Å². The van der Waals surface area contributed by atoms with Crippen molar-refractivity contribution in [2.75, 3.05) is 39.9 Å². The Bertz CT molecular complexity index is 394. The number of nitrogens with one attached hydrogen (secondary N) is 1. The minimum Gasteiger partial charge on any atom is -0.379 e. The van der Waals surface area contributed by atoms with E-state index in [9.17, 15) is 0 Å². The summed E-state index contributed by atoms with van der Waals surface area (Å²) in [5.74, 6) is 0.861. The average molecular weight is 263 g/mol. The fourth-order valence-corrected chi connectivity index (χ4v) is 2.97. The van der Waals surface area contributed by atoms with Gasteiger partial charge in [-0.1, -0.05) is 0 Å². The van der Waals surface area contributed by atoms with Crippen LogP contribution in [0.4, 0.5) is 0 Å². The van der Waals surface area contributed by atoms with Gasteiger partial charge in [0.05, 0.1) is 13.2 Å². The first-order valence-electron chi connectivity index (χ1n) is 7.50. The molecule has 1 atom stereocenters. The van der Waals surface area contributed by atoms with Crippen LogP contribution >= 0.6 is 0 Å². The number of morpholine rings is 1. The third-order valence-electron chi connectivity index (χ3n) is 4.32. The lowest BCUT2D eigenvalue weighted by Gasteiger charge is -2.26. The molecule has 0 bridgehead atoms. The van der Waals surface area contributed by atoms with E-state index in [0.29, 0.717) is 6.04 Å². The number of nitrogens with zero attached hydrogens (tertiary/aromatic N) is 2. The Morgan fingerprint density at radius 3 is 2.79 bits per heavy atom. The lowest BCUT2D eigenvalue weighted by atomic mass is 10.1. The Balaban J connectivity index is 1.52. The van der Waals surface area contributed by atoms with Crippen molar-refractivity contribution in [1.82, 2.24) is 14.8 Å². The zero-order valence-corrected chi connectivity index (χ0v) is 11.8. The Kier molecular flexibility index (Phi) is 4.21. The molecule has 2 fully saturated rings. The van der Waals surface area contributed by atoms with Crippen LogP contribution in [0.1, 0.15) is 24.4 Å². The van der Waals surface area contributed by atoms with Gasteiger partial charge < -0.3 is 14.6 Å². The molecular formula is C15H25N3O. The number of ether oxygens (including phenoxy) is 1. The standard InChI is InChI=1S/C15H25N3O/c1-16-15(13-2-3-13)14-4-5-18(12-14)7-6-17-8-10-19-11-9-17/h4-5,12-13,15-16H,2-3,6-11H2,1H3. The van der Waals surface area contributed by atoms with Crippen LogP contribution in [0, 0.1) is 5.92 Å². The molecule has 3 rings (SSSR count). The molecule has 1 saturated carbocycles. The van der Waals surface area contributed by atoms with Gasteiger partial charge in [0.25, 0.3) is 0 Å². The second-order valence-corrected chi connectivity index (χ2v) is 5.74. The molecule has 1 aromatic rings. The molecular weight excluding hydrogens is 238 g/mol. The summed E-state index contributed by atoms with van der Waals surface area (Å²) in [5, 5.41) is 3.46. The van der Waals surface area contributed by atoms with Gasteiger partial charge in [-0.2, -0.15) is 0 Å². The Morgan fingerprint density at radius 1 is 1.32 bits per heavy atom. The predicted octanol–water partition coefficient (Wildman–Crippen LogP) is 1.49. The SMILES string of the molecule is CNC(c1ccn(CCN2CCOCC2)c1)C1CC1. The first-order valence-corrected chi connectivity index (χ1v) is 7.50. The Labute approximate surface area is 115 Å². The first-order chi connectivity index (χ1) is 9.36. The van der Waals surface area contributed by atoms with Crippen molar-refractivity contribution < 1.29 is 4.74 Å². The highest BCUT2D eigenvalue weighted by molar-refractivity contribution is 5.18. The summed E-state index contributed by atoms with van der Waals surface area (Å²) in [6.45, 7) is 6.15. The monoisotopic (exact) mass is 263 g/mol. The van der Waals surface area contributed by atoms with E-state index in [4.69, 9.17) is 4.74 Å². The lowest BCUT2D eigenvalue weighted by Crippen LogP contribution is -2.38. The molecule has 0 spiro atoms. The Morgan fingerprint density at radius 2 is 2.11 bits per heavy atom. The second kappa shape index (κ2) is 6.07. The topological polar surface area (TPSA) is 29.4 Å². The molecule has 0 amide bonds. The molecule has 19 heavy (non-hydrogen) atoms. The van der Waals surface area contributed by atoms with Crippen LogP contribution in [-0.4, -0.2) is 49.4 Å². The molecule has 1 aromatic heterocycles. The number of hydrogen-bond donors (Lipinski definition) is 1. The Hall–Kier alpha value is -0.840. The molecule has 1 aliphatic carbocycles. The third-order valence-corrected chi connectivity index (χ3v) is 4.32. The van der Waals surface area contributed by atoms with E-state index in [2.05, 4.69) is 40.3 Å². The fourth-order valence-electron chi connectivity index (χ4n) is 2.97. The van der Waals surface area contributed by atoms with E-state index >= 15 is 0 Å². The molecule has 0 aromatic carbocycles. The molecule has 1 saturated heterocycles. The molecule has 0 radical (unpaired) electrons. The van der Waals surface area contributed by atoms with E-state index in [1.807, 2.05) is 0 Å². The zero-order valence-electron chi connectivity index (χ0n) is 11.8. The highest BCUT2D eigenvalue weighted by Gasteiger charge is 2.31. The number of hydrogen-bond acceptors (Lipinski definition) is 3. The highest BCUT2D eigenvalue weighted by atomic mass is 16.5. The van der Waals surface area contributed by atoms with Crippen molar-refractivity contribution in [2.45, 2.75) is 25.4 Å². The van der Waals surface area contributed by atoms with E-state index in [1.165, 1.54) is 18.4 Å². The van der Waals surface area contributed by atoms with Crippen LogP contribution in [0.25, 0.3) is 0 Å². The highest BCUT2D eigenvalue weighted by Crippen LogP contribution is 2.40. The van der Waals surface area contributed by atoms with E-state index in [-0.39, 0.29) is 0 Å². The molecule has 1 aliphatic heterocycles. The zero-order chi connectivity index (χ0) is 13.1. The van der Waals surface area contributed by atoms with E-state index < -0.39 is 0 Å². The van der Waals surface area contributed by atoms with Crippen LogP contribution in [0.2, 0.25) is 0 Å². The second-order valence-electron chi connectivity index (χ2n) is 5.74. The van der Waals surface area contributed by atoms with Crippen molar-refractivity contribution >= 4 is 0 Å². The maximum absolute atomic E-state index is 5.38. The van der Waals surface area contributed by atoms with Gasteiger partial charge in [0.1, 0.15) is 0 Å². The van der Waals surface area contributed by atoms with Crippen LogP contribution in [0.3, 0.4) is 0 Å². The van der Waals surface area contributed by atoms with E-state index in [1.54, 1.807) is 0 Å². The van der Waals surface area contributed by atoms with Crippen LogP contribution < -0.4 is 5.32 Å². The van der Waals surface area contributed by atoms with Gasteiger partial charge in [-0.25, -0.2) is 0 Å². The average Bonchev–Trinajstić information content (AvgIpc) is 3.17. The maximum atomic E-state index is 5.38. The molecule has 2 aliphatic rings. The fraction of sp³-hybridized carbons (Fsp3) is 0.733. The molecule has 106 valence electrons. The van der Waals surface area contributed by atoms with Gasteiger partial charge in [0, 0.05) is 44.6 Å². The van der Waals surface area contributed by atoms with Crippen molar-refractivity contribution in [3.05, 3.63) is 24.0 Å².